The van der Waals surface area contributed by atoms with Gasteiger partial charge < -0.3 is 15.2 Å². The van der Waals surface area contributed by atoms with Gasteiger partial charge in [-0.3, -0.25) is 14.3 Å². The maximum absolute atomic E-state index is 12.6. The summed E-state index contributed by atoms with van der Waals surface area (Å²) in [6, 6.07) is 7.50. The Balaban J connectivity index is 1.54. The molecular formula is C18H19N5O2. The Morgan fingerprint density at radius 1 is 1.40 bits per heavy atom. The molecule has 128 valence electrons. The van der Waals surface area contributed by atoms with Gasteiger partial charge in [0.1, 0.15) is 6.04 Å². The summed E-state index contributed by atoms with van der Waals surface area (Å²) in [6.07, 6.45) is 6.17. The zero-order chi connectivity index (χ0) is 17.4. The molecule has 1 aromatic carbocycles. The minimum absolute atomic E-state index is 0.0108. The minimum atomic E-state index is -0.457. The number of nitrogens with zero attached hydrogens (tertiary/aromatic N) is 3. The second-order valence-electron chi connectivity index (χ2n) is 6.33. The topological polar surface area (TPSA) is 83.0 Å². The van der Waals surface area contributed by atoms with Gasteiger partial charge in [0.15, 0.2) is 0 Å². The van der Waals surface area contributed by atoms with Gasteiger partial charge in [0.05, 0.1) is 11.9 Å². The largest absolute Gasteiger partial charge is 0.361 e. The van der Waals surface area contributed by atoms with Gasteiger partial charge >= 0.3 is 0 Å². The van der Waals surface area contributed by atoms with E-state index >= 15 is 0 Å². The molecule has 0 radical (unpaired) electrons. The molecule has 1 saturated heterocycles. The molecule has 2 aromatic heterocycles. The van der Waals surface area contributed by atoms with E-state index in [1.807, 2.05) is 30.5 Å². The van der Waals surface area contributed by atoms with Crippen molar-refractivity contribution in [2.24, 2.45) is 7.05 Å². The molecule has 1 atom stereocenters. The molecule has 1 aliphatic heterocycles. The van der Waals surface area contributed by atoms with Crippen molar-refractivity contribution < 1.29 is 9.59 Å². The fourth-order valence-corrected chi connectivity index (χ4v) is 3.36. The van der Waals surface area contributed by atoms with Crippen LogP contribution in [-0.2, 0) is 23.2 Å². The van der Waals surface area contributed by atoms with Crippen molar-refractivity contribution in [1.82, 2.24) is 19.7 Å². The van der Waals surface area contributed by atoms with Crippen LogP contribution in [0.1, 0.15) is 18.4 Å². The number of anilines is 1. The second-order valence-corrected chi connectivity index (χ2v) is 6.33. The van der Waals surface area contributed by atoms with Crippen molar-refractivity contribution in [2.45, 2.75) is 25.4 Å². The predicted molar refractivity (Wildman–Crippen MR) is 93.7 cm³/mol. The van der Waals surface area contributed by atoms with E-state index in [2.05, 4.69) is 15.4 Å². The third kappa shape index (κ3) is 2.88. The van der Waals surface area contributed by atoms with Crippen LogP contribution in [0.25, 0.3) is 10.9 Å². The summed E-state index contributed by atoms with van der Waals surface area (Å²) >= 11 is 0. The monoisotopic (exact) mass is 337 g/mol. The standard InChI is InChI=1S/C18H19N5O2/c1-22-11-13(9-20-22)21-18(25)16-6-7-17(24)23(16)10-12-8-19-15-5-3-2-4-14(12)15/h2-5,8-9,11,16,19H,6-7,10H2,1H3,(H,21,25). The third-order valence-electron chi connectivity index (χ3n) is 4.62. The van der Waals surface area contributed by atoms with Gasteiger partial charge in [0.25, 0.3) is 0 Å². The highest BCUT2D eigenvalue weighted by Gasteiger charge is 2.36. The summed E-state index contributed by atoms with van der Waals surface area (Å²) in [6.45, 7) is 0.425. The van der Waals surface area contributed by atoms with Gasteiger partial charge in [0, 0.05) is 43.3 Å². The first-order valence-electron chi connectivity index (χ1n) is 8.26. The van der Waals surface area contributed by atoms with E-state index in [0.717, 1.165) is 16.5 Å². The van der Waals surface area contributed by atoms with E-state index in [1.54, 1.807) is 29.0 Å². The fourth-order valence-electron chi connectivity index (χ4n) is 3.36. The number of aryl methyl sites for hydroxylation is 1. The number of benzene rings is 1. The fraction of sp³-hybridized carbons (Fsp3) is 0.278. The number of para-hydroxylation sites is 1. The number of aromatic amines is 1. The first kappa shape index (κ1) is 15.4. The van der Waals surface area contributed by atoms with Crippen LogP contribution in [0.4, 0.5) is 5.69 Å². The molecule has 3 aromatic rings. The van der Waals surface area contributed by atoms with Gasteiger partial charge in [-0.25, -0.2) is 0 Å². The molecule has 0 spiro atoms. The smallest absolute Gasteiger partial charge is 0.247 e. The number of rotatable bonds is 4. The van der Waals surface area contributed by atoms with Crippen LogP contribution in [-0.4, -0.2) is 37.5 Å². The molecule has 2 amide bonds. The summed E-state index contributed by atoms with van der Waals surface area (Å²) in [5, 5.41) is 7.97. The van der Waals surface area contributed by atoms with Crippen molar-refractivity contribution in [2.75, 3.05) is 5.32 Å². The number of H-pyrrole nitrogens is 1. The highest BCUT2D eigenvalue weighted by molar-refractivity contribution is 5.99. The van der Waals surface area contributed by atoms with E-state index in [1.165, 1.54) is 0 Å². The number of aromatic nitrogens is 3. The average Bonchev–Trinajstić information content (AvgIpc) is 3.29. The molecule has 0 saturated carbocycles. The van der Waals surface area contributed by atoms with Gasteiger partial charge in [-0.05, 0) is 18.1 Å². The van der Waals surface area contributed by atoms with Crippen molar-refractivity contribution in [3.05, 3.63) is 48.4 Å². The molecule has 25 heavy (non-hydrogen) atoms. The van der Waals surface area contributed by atoms with E-state index in [-0.39, 0.29) is 11.8 Å². The second kappa shape index (κ2) is 6.08. The lowest BCUT2D eigenvalue weighted by molar-refractivity contribution is -0.133. The Morgan fingerprint density at radius 3 is 3.04 bits per heavy atom. The SMILES string of the molecule is Cn1cc(NC(=O)C2CCC(=O)N2Cc2c[nH]c3ccccc23)cn1. The average molecular weight is 337 g/mol. The highest BCUT2D eigenvalue weighted by atomic mass is 16.2. The van der Waals surface area contributed by atoms with E-state index in [9.17, 15) is 9.59 Å². The molecule has 1 aliphatic rings. The number of hydrogen-bond acceptors (Lipinski definition) is 3. The number of amides is 2. The molecule has 0 bridgehead atoms. The molecule has 0 aliphatic carbocycles. The molecule has 1 fully saturated rings. The first-order chi connectivity index (χ1) is 12.1. The Kier molecular flexibility index (Phi) is 3.76. The lowest BCUT2D eigenvalue weighted by atomic mass is 10.1. The maximum Gasteiger partial charge on any atom is 0.247 e. The molecule has 3 heterocycles. The zero-order valence-corrected chi connectivity index (χ0v) is 13.9. The Bertz CT molecular complexity index is 942. The lowest BCUT2D eigenvalue weighted by Crippen LogP contribution is -2.41. The normalized spacial score (nSPS) is 17.4. The number of likely N-dealkylation sites (tertiary alicyclic amines) is 1. The van der Waals surface area contributed by atoms with Crippen LogP contribution in [0.15, 0.2) is 42.9 Å². The molecular weight excluding hydrogens is 318 g/mol. The number of carbonyl (C=O) groups is 2. The Hall–Kier alpha value is -3.09. The highest BCUT2D eigenvalue weighted by Crippen LogP contribution is 2.26. The number of carbonyl (C=O) groups excluding carboxylic acids is 2. The van der Waals surface area contributed by atoms with Crippen molar-refractivity contribution in [3.8, 4) is 0 Å². The van der Waals surface area contributed by atoms with Crippen molar-refractivity contribution in [1.29, 1.82) is 0 Å². The first-order valence-corrected chi connectivity index (χ1v) is 8.26. The quantitative estimate of drug-likeness (QED) is 0.764. The van der Waals surface area contributed by atoms with Crippen LogP contribution in [0.2, 0.25) is 0 Å². The maximum atomic E-state index is 12.6. The summed E-state index contributed by atoms with van der Waals surface area (Å²) in [4.78, 5) is 29.8. The van der Waals surface area contributed by atoms with E-state index in [0.29, 0.717) is 25.1 Å². The van der Waals surface area contributed by atoms with Gasteiger partial charge in [-0.15, -0.1) is 0 Å². The third-order valence-corrected chi connectivity index (χ3v) is 4.62. The van der Waals surface area contributed by atoms with Crippen LogP contribution in [0.3, 0.4) is 0 Å². The van der Waals surface area contributed by atoms with Crippen LogP contribution in [0, 0.1) is 0 Å². The summed E-state index contributed by atoms with van der Waals surface area (Å²) < 4.78 is 1.62. The summed E-state index contributed by atoms with van der Waals surface area (Å²) in [5.41, 5.74) is 2.68. The lowest BCUT2D eigenvalue weighted by Gasteiger charge is -2.23. The van der Waals surface area contributed by atoms with Gasteiger partial charge in [-0.1, -0.05) is 18.2 Å². The van der Waals surface area contributed by atoms with Crippen LogP contribution in [0.5, 0.6) is 0 Å². The van der Waals surface area contributed by atoms with Crippen LogP contribution < -0.4 is 5.32 Å². The number of nitrogens with one attached hydrogen (secondary N) is 2. The summed E-state index contributed by atoms with van der Waals surface area (Å²) in [7, 11) is 1.79. The number of hydrogen-bond donors (Lipinski definition) is 2. The van der Waals surface area contributed by atoms with Crippen molar-refractivity contribution in [3.63, 3.8) is 0 Å². The molecule has 4 rings (SSSR count). The minimum Gasteiger partial charge on any atom is -0.361 e. The van der Waals surface area contributed by atoms with Gasteiger partial charge in [-0.2, -0.15) is 5.10 Å². The van der Waals surface area contributed by atoms with E-state index < -0.39 is 6.04 Å². The number of fused-ring (bicyclic) bond motifs is 1. The molecule has 1 unspecified atom stereocenters. The summed E-state index contributed by atoms with van der Waals surface area (Å²) in [5.74, 6) is -0.157. The Morgan fingerprint density at radius 2 is 2.24 bits per heavy atom. The van der Waals surface area contributed by atoms with Gasteiger partial charge in [0.2, 0.25) is 11.8 Å². The van der Waals surface area contributed by atoms with E-state index in [4.69, 9.17) is 0 Å². The Labute approximate surface area is 144 Å². The van der Waals surface area contributed by atoms with Crippen LogP contribution >= 0.6 is 0 Å². The molecule has 7 heteroatoms. The zero-order valence-electron chi connectivity index (χ0n) is 13.9. The molecule has 2 N–H and O–H groups in total. The predicted octanol–water partition coefficient (Wildman–Crippen LogP) is 2.03. The van der Waals surface area contributed by atoms with Crippen molar-refractivity contribution >= 4 is 28.4 Å². The molecule has 7 nitrogen and oxygen atoms in total.